The van der Waals surface area contributed by atoms with Crippen molar-refractivity contribution in [2.75, 3.05) is 14.2 Å². The summed E-state index contributed by atoms with van der Waals surface area (Å²) < 4.78 is 10.1. The van der Waals surface area contributed by atoms with Crippen LogP contribution in [0.5, 0.6) is 11.8 Å². The predicted octanol–water partition coefficient (Wildman–Crippen LogP) is 1.59. The fourth-order valence-electron chi connectivity index (χ4n) is 1.22. The molecular weight excluding hydrogens is 180 g/mol. The van der Waals surface area contributed by atoms with E-state index in [2.05, 4.69) is 11.1 Å². The van der Waals surface area contributed by atoms with Crippen molar-refractivity contribution in [3.05, 3.63) is 16.7 Å². The summed E-state index contributed by atoms with van der Waals surface area (Å²) in [6.07, 6.45) is 0. The Kier molecular flexibility index (Phi) is 2.92. The lowest BCUT2D eigenvalue weighted by molar-refractivity contribution is 0.361. The number of hydrogen-bond donors (Lipinski definition) is 0. The van der Waals surface area contributed by atoms with Crippen LogP contribution in [0.2, 0.25) is 0 Å². The van der Waals surface area contributed by atoms with Crippen LogP contribution in [0.15, 0.2) is 0 Å². The molecule has 0 amide bonds. The van der Waals surface area contributed by atoms with Gasteiger partial charge in [0.1, 0.15) is 11.6 Å². The van der Waals surface area contributed by atoms with E-state index in [4.69, 9.17) is 14.7 Å². The molecule has 1 aromatic heterocycles. The highest BCUT2D eigenvalue weighted by Crippen LogP contribution is 2.27. The van der Waals surface area contributed by atoms with E-state index < -0.39 is 0 Å². The van der Waals surface area contributed by atoms with Crippen LogP contribution in [-0.2, 0) is 0 Å². The minimum Gasteiger partial charge on any atom is -0.481 e. The first-order chi connectivity index (χ1) is 6.65. The van der Waals surface area contributed by atoms with Gasteiger partial charge in [0, 0.05) is 5.56 Å². The second kappa shape index (κ2) is 3.97. The van der Waals surface area contributed by atoms with Gasteiger partial charge in [-0.05, 0) is 19.4 Å². The largest absolute Gasteiger partial charge is 0.481 e. The monoisotopic (exact) mass is 192 g/mol. The zero-order valence-electron chi connectivity index (χ0n) is 8.71. The van der Waals surface area contributed by atoms with Crippen molar-refractivity contribution >= 4 is 0 Å². The minimum absolute atomic E-state index is 0.312. The summed E-state index contributed by atoms with van der Waals surface area (Å²) in [6.45, 7) is 3.71. The van der Waals surface area contributed by atoms with E-state index >= 15 is 0 Å². The van der Waals surface area contributed by atoms with Crippen molar-refractivity contribution in [1.82, 2.24) is 4.98 Å². The normalized spacial score (nSPS) is 9.36. The standard InChI is InChI=1S/C10H12N2O2/c1-6-7(2)9(13-3)12-10(14-4)8(6)5-11/h1-4H3. The summed E-state index contributed by atoms with van der Waals surface area (Å²) in [5.41, 5.74) is 2.17. The molecule has 0 aliphatic carbocycles. The molecule has 0 unspecified atom stereocenters. The maximum atomic E-state index is 8.91. The zero-order chi connectivity index (χ0) is 10.7. The van der Waals surface area contributed by atoms with Crippen LogP contribution in [-0.4, -0.2) is 19.2 Å². The van der Waals surface area contributed by atoms with Gasteiger partial charge in [0.2, 0.25) is 11.8 Å². The summed E-state index contributed by atoms with van der Waals surface area (Å²) in [7, 11) is 3.03. The Morgan fingerprint density at radius 3 is 2.07 bits per heavy atom. The lowest BCUT2D eigenvalue weighted by Crippen LogP contribution is -2.01. The van der Waals surface area contributed by atoms with Gasteiger partial charge >= 0.3 is 0 Å². The van der Waals surface area contributed by atoms with E-state index in [1.807, 2.05) is 13.8 Å². The van der Waals surface area contributed by atoms with E-state index in [0.29, 0.717) is 17.3 Å². The van der Waals surface area contributed by atoms with Crippen LogP contribution in [0.4, 0.5) is 0 Å². The Morgan fingerprint density at radius 2 is 1.64 bits per heavy atom. The number of methoxy groups -OCH3 is 2. The van der Waals surface area contributed by atoms with Crippen molar-refractivity contribution in [3.63, 3.8) is 0 Å². The molecule has 4 nitrogen and oxygen atoms in total. The SMILES string of the molecule is COc1nc(OC)c(C#N)c(C)c1C. The van der Waals surface area contributed by atoms with Crippen LogP contribution >= 0.6 is 0 Å². The maximum Gasteiger partial charge on any atom is 0.235 e. The molecule has 4 heteroatoms. The summed E-state index contributed by atoms with van der Waals surface area (Å²) >= 11 is 0. The van der Waals surface area contributed by atoms with E-state index in [9.17, 15) is 0 Å². The number of ether oxygens (including phenoxy) is 2. The molecule has 0 N–H and O–H groups in total. The third-order valence-electron chi connectivity index (χ3n) is 2.17. The lowest BCUT2D eigenvalue weighted by atomic mass is 10.1. The lowest BCUT2D eigenvalue weighted by Gasteiger charge is -2.10. The molecule has 0 aromatic carbocycles. The Morgan fingerprint density at radius 1 is 1.07 bits per heavy atom. The molecule has 14 heavy (non-hydrogen) atoms. The van der Waals surface area contributed by atoms with Crippen molar-refractivity contribution in [3.8, 4) is 17.8 Å². The average Bonchev–Trinajstić information content (AvgIpc) is 2.21. The Hall–Kier alpha value is -1.76. The molecule has 1 aromatic rings. The van der Waals surface area contributed by atoms with Gasteiger partial charge in [0.05, 0.1) is 14.2 Å². The van der Waals surface area contributed by atoms with Crippen LogP contribution in [0, 0.1) is 25.2 Å². The van der Waals surface area contributed by atoms with Gasteiger partial charge in [-0.2, -0.15) is 10.2 Å². The van der Waals surface area contributed by atoms with Crippen molar-refractivity contribution < 1.29 is 9.47 Å². The van der Waals surface area contributed by atoms with Gasteiger partial charge in [-0.25, -0.2) is 0 Å². The van der Waals surface area contributed by atoms with Gasteiger partial charge < -0.3 is 9.47 Å². The highest BCUT2D eigenvalue weighted by molar-refractivity contribution is 5.51. The third kappa shape index (κ3) is 1.49. The van der Waals surface area contributed by atoms with Gasteiger partial charge in [-0.1, -0.05) is 0 Å². The zero-order valence-corrected chi connectivity index (χ0v) is 8.71. The van der Waals surface area contributed by atoms with Crippen LogP contribution in [0.25, 0.3) is 0 Å². The topological polar surface area (TPSA) is 55.1 Å². The smallest absolute Gasteiger partial charge is 0.235 e. The van der Waals surface area contributed by atoms with E-state index in [0.717, 1.165) is 11.1 Å². The Labute approximate surface area is 83.1 Å². The molecule has 0 bridgehead atoms. The van der Waals surface area contributed by atoms with Crippen molar-refractivity contribution in [2.24, 2.45) is 0 Å². The summed E-state index contributed by atoms with van der Waals surface area (Å²) in [4.78, 5) is 4.07. The first kappa shape index (κ1) is 10.3. The molecule has 74 valence electrons. The van der Waals surface area contributed by atoms with Crippen molar-refractivity contribution in [2.45, 2.75) is 13.8 Å². The fourth-order valence-corrected chi connectivity index (χ4v) is 1.22. The molecule has 1 heterocycles. The predicted molar refractivity (Wildman–Crippen MR) is 51.5 cm³/mol. The van der Waals surface area contributed by atoms with Gasteiger partial charge in [-0.15, -0.1) is 0 Å². The van der Waals surface area contributed by atoms with Crippen LogP contribution < -0.4 is 9.47 Å². The summed E-state index contributed by atoms with van der Waals surface area (Å²) in [5.74, 6) is 0.811. The number of aromatic nitrogens is 1. The average molecular weight is 192 g/mol. The summed E-state index contributed by atoms with van der Waals surface area (Å²) in [5, 5.41) is 8.91. The molecule has 0 saturated heterocycles. The molecular formula is C10H12N2O2. The van der Waals surface area contributed by atoms with Crippen LogP contribution in [0.1, 0.15) is 16.7 Å². The molecule has 0 saturated carbocycles. The Balaban J connectivity index is 3.48. The molecule has 0 aliphatic heterocycles. The highest BCUT2D eigenvalue weighted by atomic mass is 16.5. The van der Waals surface area contributed by atoms with Gasteiger partial charge in [-0.3, -0.25) is 0 Å². The fraction of sp³-hybridized carbons (Fsp3) is 0.400. The van der Waals surface area contributed by atoms with Crippen LogP contribution in [0.3, 0.4) is 0 Å². The molecule has 0 aliphatic rings. The molecule has 0 spiro atoms. The first-order valence-corrected chi connectivity index (χ1v) is 4.15. The van der Waals surface area contributed by atoms with Gasteiger partial charge in [0.25, 0.3) is 0 Å². The molecule has 1 rings (SSSR count). The number of hydrogen-bond acceptors (Lipinski definition) is 4. The van der Waals surface area contributed by atoms with E-state index in [1.54, 1.807) is 7.11 Å². The molecule has 0 atom stereocenters. The number of rotatable bonds is 2. The number of nitriles is 1. The minimum atomic E-state index is 0.312. The molecule has 0 radical (unpaired) electrons. The number of nitrogens with zero attached hydrogens (tertiary/aromatic N) is 2. The highest BCUT2D eigenvalue weighted by Gasteiger charge is 2.14. The quantitative estimate of drug-likeness (QED) is 0.714. The van der Waals surface area contributed by atoms with Crippen molar-refractivity contribution in [1.29, 1.82) is 5.26 Å². The van der Waals surface area contributed by atoms with E-state index in [-0.39, 0.29) is 0 Å². The number of pyridine rings is 1. The Bertz CT molecular complexity index is 394. The van der Waals surface area contributed by atoms with E-state index in [1.165, 1.54) is 7.11 Å². The maximum absolute atomic E-state index is 8.91. The second-order valence-electron chi connectivity index (χ2n) is 2.87. The summed E-state index contributed by atoms with van der Waals surface area (Å²) in [6, 6.07) is 2.06. The first-order valence-electron chi connectivity index (χ1n) is 4.15. The second-order valence-corrected chi connectivity index (χ2v) is 2.87. The third-order valence-corrected chi connectivity index (χ3v) is 2.17. The van der Waals surface area contributed by atoms with Gasteiger partial charge in [0.15, 0.2) is 0 Å². The molecule has 0 fully saturated rings.